The molecule has 0 aliphatic rings. The van der Waals surface area contributed by atoms with Crippen LogP contribution in [0.5, 0.6) is 0 Å². The highest BCUT2D eigenvalue weighted by molar-refractivity contribution is 4.91. The highest BCUT2D eigenvalue weighted by Gasteiger charge is 2.06. The van der Waals surface area contributed by atoms with Crippen LogP contribution in [0.2, 0.25) is 0 Å². The van der Waals surface area contributed by atoms with Crippen molar-refractivity contribution in [2.75, 3.05) is 7.05 Å². The summed E-state index contributed by atoms with van der Waals surface area (Å²) in [7, 11) is 1.79. The average Bonchev–Trinajstić information content (AvgIpc) is 2.47. The molecular formula is C9H15N5. The van der Waals surface area contributed by atoms with Crippen molar-refractivity contribution in [1.29, 1.82) is 5.26 Å². The first-order valence-electron chi connectivity index (χ1n) is 4.62. The monoisotopic (exact) mass is 193 g/mol. The molecular weight excluding hydrogens is 178 g/mol. The molecule has 0 radical (unpaired) electrons. The summed E-state index contributed by atoms with van der Waals surface area (Å²) >= 11 is 0. The minimum atomic E-state index is -0.112. The SMILES string of the molecule is CNC(C#N)CCn1nc(C)nc1C. The van der Waals surface area contributed by atoms with Crippen LogP contribution >= 0.6 is 0 Å². The van der Waals surface area contributed by atoms with E-state index in [9.17, 15) is 0 Å². The molecule has 1 N–H and O–H groups in total. The zero-order valence-corrected chi connectivity index (χ0v) is 8.78. The third kappa shape index (κ3) is 2.54. The lowest BCUT2D eigenvalue weighted by Crippen LogP contribution is -2.25. The lowest BCUT2D eigenvalue weighted by atomic mass is 10.2. The molecule has 0 saturated carbocycles. The van der Waals surface area contributed by atoms with Gasteiger partial charge in [-0.15, -0.1) is 0 Å². The van der Waals surface area contributed by atoms with Gasteiger partial charge >= 0.3 is 0 Å². The summed E-state index contributed by atoms with van der Waals surface area (Å²) in [5.74, 6) is 1.68. The lowest BCUT2D eigenvalue weighted by molar-refractivity contribution is 0.507. The highest BCUT2D eigenvalue weighted by atomic mass is 15.3. The van der Waals surface area contributed by atoms with Crippen molar-refractivity contribution in [2.24, 2.45) is 0 Å². The molecule has 1 rings (SSSR count). The van der Waals surface area contributed by atoms with Crippen LogP contribution < -0.4 is 5.32 Å². The molecule has 0 saturated heterocycles. The van der Waals surface area contributed by atoms with Crippen LogP contribution in [0.3, 0.4) is 0 Å². The topological polar surface area (TPSA) is 66.5 Å². The van der Waals surface area contributed by atoms with Crippen molar-refractivity contribution in [2.45, 2.75) is 32.9 Å². The Labute approximate surface area is 83.8 Å². The van der Waals surface area contributed by atoms with Crippen LogP contribution in [-0.2, 0) is 6.54 Å². The number of nitrogens with one attached hydrogen (secondary N) is 1. The van der Waals surface area contributed by atoms with Crippen LogP contribution in [0.25, 0.3) is 0 Å². The lowest BCUT2D eigenvalue weighted by Gasteiger charge is -2.07. The Morgan fingerprint density at radius 1 is 1.57 bits per heavy atom. The molecule has 14 heavy (non-hydrogen) atoms. The van der Waals surface area contributed by atoms with Gasteiger partial charge in [0, 0.05) is 6.54 Å². The fraction of sp³-hybridized carbons (Fsp3) is 0.667. The van der Waals surface area contributed by atoms with Crippen molar-refractivity contribution < 1.29 is 0 Å². The molecule has 0 aliphatic carbocycles. The van der Waals surface area contributed by atoms with Crippen molar-refractivity contribution in [1.82, 2.24) is 20.1 Å². The molecule has 5 heteroatoms. The molecule has 0 spiro atoms. The minimum absolute atomic E-state index is 0.112. The van der Waals surface area contributed by atoms with Gasteiger partial charge in [0.1, 0.15) is 11.6 Å². The summed E-state index contributed by atoms with van der Waals surface area (Å²) in [6.07, 6.45) is 0.747. The van der Waals surface area contributed by atoms with E-state index in [0.29, 0.717) is 0 Å². The van der Waals surface area contributed by atoms with Gasteiger partial charge in [0.25, 0.3) is 0 Å². The predicted molar refractivity (Wildman–Crippen MR) is 52.6 cm³/mol. The maximum atomic E-state index is 8.72. The Hall–Kier alpha value is -1.41. The molecule has 76 valence electrons. The Bertz CT molecular complexity index is 335. The van der Waals surface area contributed by atoms with Crippen molar-refractivity contribution in [3.05, 3.63) is 11.6 Å². The van der Waals surface area contributed by atoms with E-state index in [1.807, 2.05) is 18.5 Å². The molecule has 1 atom stereocenters. The van der Waals surface area contributed by atoms with Gasteiger partial charge in [-0.1, -0.05) is 0 Å². The zero-order chi connectivity index (χ0) is 10.6. The number of hydrogen-bond acceptors (Lipinski definition) is 4. The van der Waals surface area contributed by atoms with Gasteiger partial charge in [-0.05, 0) is 27.3 Å². The number of nitriles is 1. The summed E-state index contributed by atoms with van der Waals surface area (Å²) in [4.78, 5) is 4.19. The van der Waals surface area contributed by atoms with Crippen LogP contribution in [-0.4, -0.2) is 27.9 Å². The maximum Gasteiger partial charge on any atom is 0.147 e. The second kappa shape index (κ2) is 4.72. The third-order valence-electron chi connectivity index (χ3n) is 2.10. The first-order valence-corrected chi connectivity index (χ1v) is 4.62. The molecule has 0 fully saturated rings. The molecule has 1 heterocycles. The fourth-order valence-corrected chi connectivity index (χ4v) is 1.30. The quantitative estimate of drug-likeness (QED) is 0.751. The molecule has 1 aromatic heterocycles. The number of aryl methyl sites for hydroxylation is 3. The Morgan fingerprint density at radius 3 is 2.71 bits per heavy atom. The second-order valence-electron chi connectivity index (χ2n) is 3.19. The van der Waals surface area contributed by atoms with E-state index in [1.165, 1.54) is 0 Å². The highest BCUT2D eigenvalue weighted by Crippen LogP contribution is 1.99. The first-order chi connectivity index (χ1) is 6.67. The summed E-state index contributed by atoms with van der Waals surface area (Å²) in [6.45, 7) is 4.51. The van der Waals surface area contributed by atoms with E-state index in [4.69, 9.17) is 5.26 Å². The summed E-state index contributed by atoms with van der Waals surface area (Å²) < 4.78 is 1.83. The van der Waals surface area contributed by atoms with Gasteiger partial charge in [0.2, 0.25) is 0 Å². The van der Waals surface area contributed by atoms with E-state index in [0.717, 1.165) is 24.6 Å². The van der Waals surface area contributed by atoms with E-state index in [-0.39, 0.29) is 6.04 Å². The number of aromatic nitrogens is 3. The number of nitrogens with zero attached hydrogens (tertiary/aromatic N) is 4. The number of hydrogen-bond donors (Lipinski definition) is 1. The van der Waals surface area contributed by atoms with Crippen LogP contribution in [0.1, 0.15) is 18.1 Å². The first kappa shape index (κ1) is 10.7. The molecule has 1 unspecified atom stereocenters. The van der Waals surface area contributed by atoms with E-state index in [2.05, 4.69) is 21.5 Å². The van der Waals surface area contributed by atoms with Crippen LogP contribution in [0.4, 0.5) is 0 Å². The van der Waals surface area contributed by atoms with Gasteiger partial charge in [-0.25, -0.2) is 4.98 Å². The smallest absolute Gasteiger partial charge is 0.147 e. The van der Waals surface area contributed by atoms with Gasteiger partial charge in [-0.3, -0.25) is 4.68 Å². The third-order valence-corrected chi connectivity index (χ3v) is 2.10. The Kier molecular flexibility index (Phi) is 3.60. The molecule has 0 aromatic carbocycles. The van der Waals surface area contributed by atoms with Crippen molar-refractivity contribution in [3.8, 4) is 6.07 Å². The van der Waals surface area contributed by atoms with Gasteiger partial charge in [0.05, 0.1) is 12.1 Å². The number of rotatable bonds is 4. The van der Waals surface area contributed by atoms with Gasteiger partial charge < -0.3 is 5.32 Å². The molecule has 1 aromatic rings. The summed E-state index contributed by atoms with van der Waals surface area (Å²) in [5, 5.41) is 15.9. The van der Waals surface area contributed by atoms with Crippen molar-refractivity contribution in [3.63, 3.8) is 0 Å². The van der Waals surface area contributed by atoms with Crippen LogP contribution in [0.15, 0.2) is 0 Å². The van der Waals surface area contributed by atoms with Crippen LogP contribution in [0, 0.1) is 25.2 Å². The zero-order valence-electron chi connectivity index (χ0n) is 8.78. The molecule has 5 nitrogen and oxygen atoms in total. The fourth-order valence-electron chi connectivity index (χ4n) is 1.30. The Morgan fingerprint density at radius 2 is 2.29 bits per heavy atom. The largest absolute Gasteiger partial charge is 0.305 e. The normalized spacial score (nSPS) is 12.4. The van der Waals surface area contributed by atoms with Gasteiger partial charge in [-0.2, -0.15) is 10.4 Å². The molecule has 0 amide bonds. The van der Waals surface area contributed by atoms with E-state index in [1.54, 1.807) is 7.05 Å². The van der Waals surface area contributed by atoms with E-state index < -0.39 is 0 Å². The molecule has 0 aliphatic heterocycles. The standard InChI is InChI=1S/C9H15N5/c1-7-12-8(2)14(13-7)5-4-9(6-10)11-3/h9,11H,4-5H2,1-3H3. The molecule has 0 bridgehead atoms. The average molecular weight is 193 g/mol. The Balaban J connectivity index is 2.53. The van der Waals surface area contributed by atoms with E-state index >= 15 is 0 Å². The summed E-state index contributed by atoms with van der Waals surface area (Å²) in [5.41, 5.74) is 0. The minimum Gasteiger partial charge on any atom is -0.305 e. The summed E-state index contributed by atoms with van der Waals surface area (Å²) in [6, 6.07) is 2.06. The second-order valence-corrected chi connectivity index (χ2v) is 3.19. The maximum absolute atomic E-state index is 8.72. The predicted octanol–water partition coefficient (Wildman–Crippen LogP) is 0.397. The van der Waals surface area contributed by atoms with Crippen molar-refractivity contribution >= 4 is 0 Å². The van der Waals surface area contributed by atoms with Gasteiger partial charge in [0.15, 0.2) is 0 Å².